The van der Waals surface area contributed by atoms with Gasteiger partial charge in [0.2, 0.25) is 5.95 Å². The molecule has 1 aliphatic rings. The molecular weight excluding hydrogens is 383 g/mol. The van der Waals surface area contributed by atoms with Crippen molar-refractivity contribution < 1.29 is 17.9 Å². The number of hydrogen-bond acceptors (Lipinski definition) is 5. The zero-order valence-corrected chi connectivity index (χ0v) is 15.4. The van der Waals surface area contributed by atoms with Crippen molar-refractivity contribution in [3.8, 4) is 17.1 Å². The van der Waals surface area contributed by atoms with Gasteiger partial charge in [-0.1, -0.05) is 12.1 Å². The van der Waals surface area contributed by atoms with Crippen LogP contribution in [0.4, 0.5) is 19.1 Å². The minimum atomic E-state index is -4.34. The molecule has 1 fully saturated rings. The van der Waals surface area contributed by atoms with Crippen LogP contribution in [0.5, 0.6) is 5.75 Å². The number of nitrogens with zero attached hydrogens (tertiary/aromatic N) is 4. The number of nitrogens with two attached hydrogens (primary N) is 1. The Bertz CT molecular complexity index is 1240. The van der Waals surface area contributed by atoms with Gasteiger partial charge in [0.05, 0.1) is 18.0 Å². The predicted molar refractivity (Wildman–Crippen MR) is 102 cm³/mol. The van der Waals surface area contributed by atoms with Crippen LogP contribution in [0.2, 0.25) is 0 Å². The topological polar surface area (TPSA) is 78.3 Å². The number of methoxy groups -OCH3 is 1. The number of anilines is 1. The summed E-state index contributed by atoms with van der Waals surface area (Å²) in [5.74, 6) is 1.08. The molecule has 0 spiro atoms. The van der Waals surface area contributed by atoms with Crippen LogP contribution in [0.15, 0.2) is 42.5 Å². The van der Waals surface area contributed by atoms with Crippen LogP contribution in [-0.4, -0.2) is 32.9 Å². The van der Waals surface area contributed by atoms with Gasteiger partial charge in [-0.3, -0.25) is 0 Å². The van der Waals surface area contributed by atoms with Crippen molar-refractivity contribution in [1.82, 2.24) is 19.6 Å². The first-order valence-corrected chi connectivity index (χ1v) is 9.01. The van der Waals surface area contributed by atoms with E-state index in [1.165, 1.54) is 10.6 Å². The van der Waals surface area contributed by atoms with Crippen LogP contribution < -0.4 is 10.5 Å². The molecule has 9 heteroatoms. The molecule has 4 aromatic rings. The highest BCUT2D eigenvalue weighted by atomic mass is 19.4. The lowest BCUT2D eigenvalue weighted by Crippen LogP contribution is -2.29. The second-order valence-electron chi connectivity index (χ2n) is 7.15. The Morgan fingerprint density at radius 1 is 1.07 bits per heavy atom. The highest BCUT2D eigenvalue weighted by Crippen LogP contribution is 2.60. The van der Waals surface area contributed by atoms with Gasteiger partial charge < -0.3 is 10.5 Å². The molecule has 1 saturated carbocycles. The molecular formula is C20H16F3N5O. The highest BCUT2D eigenvalue weighted by molar-refractivity contribution is 5.95. The number of alkyl halides is 3. The summed E-state index contributed by atoms with van der Waals surface area (Å²) in [5.41, 5.74) is 5.66. The number of hydrogen-bond donors (Lipinski definition) is 1. The molecule has 2 N–H and O–H groups in total. The van der Waals surface area contributed by atoms with Crippen molar-refractivity contribution in [2.45, 2.75) is 24.4 Å². The van der Waals surface area contributed by atoms with Crippen molar-refractivity contribution in [3.63, 3.8) is 0 Å². The molecule has 2 heterocycles. The van der Waals surface area contributed by atoms with E-state index in [9.17, 15) is 13.2 Å². The van der Waals surface area contributed by atoms with Crippen molar-refractivity contribution in [1.29, 1.82) is 0 Å². The summed E-state index contributed by atoms with van der Waals surface area (Å²) in [7, 11) is 1.57. The van der Waals surface area contributed by atoms with Gasteiger partial charge in [-0.05, 0) is 48.7 Å². The Kier molecular flexibility index (Phi) is 3.56. The third-order valence-corrected chi connectivity index (χ3v) is 5.48. The van der Waals surface area contributed by atoms with E-state index in [-0.39, 0.29) is 29.9 Å². The van der Waals surface area contributed by atoms with Crippen LogP contribution >= 0.6 is 0 Å². The summed E-state index contributed by atoms with van der Waals surface area (Å²) in [4.78, 5) is 8.82. The Balaban J connectivity index is 1.73. The Hall–Kier alpha value is -3.36. The number of para-hydroxylation sites is 1. The highest BCUT2D eigenvalue weighted by Gasteiger charge is 2.64. The lowest BCUT2D eigenvalue weighted by Gasteiger charge is -2.21. The van der Waals surface area contributed by atoms with Crippen LogP contribution in [0, 0.1) is 0 Å². The minimum absolute atomic E-state index is 0.00909. The van der Waals surface area contributed by atoms with Gasteiger partial charge in [-0.2, -0.15) is 17.7 Å². The normalized spacial score (nSPS) is 15.7. The molecule has 29 heavy (non-hydrogen) atoms. The number of ether oxygens (including phenoxy) is 1. The first-order chi connectivity index (χ1) is 13.8. The van der Waals surface area contributed by atoms with Crippen LogP contribution in [0.3, 0.4) is 0 Å². The van der Waals surface area contributed by atoms with Crippen LogP contribution in [0.25, 0.3) is 27.9 Å². The van der Waals surface area contributed by atoms with Crippen LogP contribution in [-0.2, 0) is 5.41 Å². The summed E-state index contributed by atoms with van der Waals surface area (Å²) < 4.78 is 47.6. The molecule has 0 bridgehead atoms. The Labute approximate surface area is 163 Å². The standard InChI is InChI=1S/C20H16F3N5O/c1-29-12-7-5-11(6-8-12)16-26-17-13-3-2-4-14(19(9-10-19)20(21,22)23)15(13)25-18(24)28(17)27-16/h2-8H,9-10H2,1H3,(H2,24,25). The molecule has 2 aromatic carbocycles. The fraction of sp³-hybridized carbons (Fsp3) is 0.250. The zero-order valence-electron chi connectivity index (χ0n) is 15.4. The minimum Gasteiger partial charge on any atom is -0.497 e. The number of aromatic nitrogens is 4. The lowest BCUT2D eigenvalue weighted by atomic mass is 9.93. The molecule has 0 amide bonds. The number of halogens is 3. The fourth-order valence-corrected chi connectivity index (χ4v) is 3.73. The largest absolute Gasteiger partial charge is 0.497 e. The second-order valence-corrected chi connectivity index (χ2v) is 7.15. The molecule has 148 valence electrons. The molecule has 1 aliphatic carbocycles. The average Bonchev–Trinajstić information content (AvgIpc) is 3.40. The number of rotatable bonds is 3. The van der Waals surface area contributed by atoms with Gasteiger partial charge in [0.25, 0.3) is 0 Å². The maximum absolute atomic E-state index is 13.7. The fourth-order valence-electron chi connectivity index (χ4n) is 3.73. The van der Waals surface area contributed by atoms with E-state index in [0.29, 0.717) is 22.6 Å². The maximum atomic E-state index is 13.7. The number of benzene rings is 2. The smallest absolute Gasteiger partial charge is 0.398 e. The lowest BCUT2D eigenvalue weighted by molar-refractivity contribution is -0.160. The molecule has 6 nitrogen and oxygen atoms in total. The summed E-state index contributed by atoms with van der Waals surface area (Å²) in [6, 6.07) is 11.9. The molecule has 0 saturated heterocycles. The number of nitrogen functional groups attached to an aromatic ring is 1. The van der Waals surface area contributed by atoms with E-state index >= 15 is 0 Å². The van der Waals surface area contributed by atoms with E-state index in [1.54, 1.807) is 43.5 Å². The SMILES string of the molecule is COc1ccc(-c2nc3c4cccc(C5(C(F)(F)F)CC5)c4nc(N)n3n2)cc1. The average molecular weight is 399 g/mol. The molecule has 5 rings (SSSR count). The van der Waals surface area contributed by atoms with Gasteiger partial charge in [-0.15, -0.1) is 5.10 Å². The zero-order chi connectivity index (χ0) is 20.4. The number of fused-ring (bicyclic) bond motifs is 3. The van der Waals surface area contributed by atoms with E-state index in [4.69, 9.17) is 10.5 Å². The van der Waals surface area contributed by atoms with Crippen molar-refractivity contribution in [3.05, 3.63) is 48.0 Å². The first-order valence-electron chi connectivity index (χ1n) is 9.01. The molecule has 0 radical (unpaired) electrons. The first kappa shape index (κ1) is 17.7. The monoisotopic (exact) mass is 399 g/mol. The molecule has 0 aliphatic heterocycles. The summed E-state index contributed by atoms with van der Waals surface area (Å²) in [6.07, 6.45) is -4.25. The summed E-state index contributed by atoms with van der Waals surface area (Å²) >= 11 is 0. The van der Waals surface area contributed by atoms with Gasteiger partial charge in [0.1, 0.15) is 5.75 Å². The van der Waals surface area contributed by atoms with E-state index in [1.807, 2.05) is 0 Å². The van der Waals surface area contributed by atoms with Crippen molar-refractivity contribution in [2.75, 3.05) is 12.8 Å². The summed E-state index contributed by atoms with van der Waals surface area (Å²) in [6.45, 7) is 0. The van der Waals surface area contributed by atoms with Crippen LogP contribution in [0.1, 0.15) is 18.4 Å². The van der Waals surface area contributed by atoms with E-state index in [2.05, 4.69) is 15.1 Å². The van der Waals surface area contributed by atoms with E-state index in [0.717, 1.165) is 5.56 Å². The second kappa shape index (κ2) is 5.82. The van der Waals surface area contributed by atoms with Gasteiger partial charge in [0.15, 0.2) is 11.5 Å². The van der Waals surface area contributed by atoms with E-state index < -0.39 is 11.6 Å². The van der Waals surface area contributed by atoms with Gasteiger partial charge in [0, 0.05) is 10.9 Å². The quantitative estimate of drug-likeness (QED) is 0.561. The molecule has 2 aromatic heterocycles. The molecule has 0 unspecified atom stereocenters. The summed E-state index contributed by atoms with van der Waals surface area (Å²) in [5, 5.41) is 4.89. The predicted octanol–water partition coefficient (Wildman–Crippen LogP) is 4.13. The Morgan fingerprint density at radius 2 is 1.79 bits per heavy atom. The maximum Gasteiger partial charge on any atom is 0.398 e. The van der Waals surface area contributed by atoms with Gasteiger partial charge >= 0.3 is 6.18 Å². The third-order valence-electron chi connectivity index (χ3n) is 5.48. The third kappa shape index (κ3) is 2.53. The van der Waals surface area contributed by atoms with Gasteiger partial charge in [-0.25, -0.2) is 9.97 Å². The Morgan fingerprint density at radius 3 is 2.41 bits per heavy atom. The molecule has 0 atom stereocenters. The van der Waals surface area contributed by atoms with Crippen molar-refractivity contribution >= 4 is 22.5 Å². The van der Waals surface area contributed by atoms with Crippen molar-refractivity contribution in [2.24, 2.45) is 0 Å².